The van der Waals surface area contributed by atoms with Gasteiger partial charge in [-0.25, -0.2) is 9.37 Å². The second kappa shape index (κ2) is 7.27. The zero-order valence-electron chi connectivity index (χ0n) is 12.9. The Balaban J connectivity index is 1.59. The van der Waals surface area contributed by atoms with E-state index in [1.165, 1.54) is 23.9 Å². The number of H-pyrrole nitrogens is 1. The maximum atomic E-state index is 13.2. The number of aryl methyl sites for hydroxylation is 1. The lowest BCUT2D eigenvalue weighted by atomic mass is 10.2. The molecule has 5 nitrogen and oxygen atoms in total. The van der Waals surface area contributed by atoms with E-state index in [0.29, 0.717) is 16.7 Å². The summed E-state index contributed by atoms with van der Waals surface area (Å²) in [6, 6.07) is 13.9. The molecular weight excluding hydrogens is 327 g/mol. The lowest BCUT2D eigenvalue weighted by molar-refractivity contribution is -0.113. The summed E-state index contributed by atoms with van der Waals surface area (Å²) in [4.78, 5) is 16.4. The normalized spacial score (nSPS) is 10.6. The number of benzene rings is 2. The number of amides is 1. The van der Waals surface area contributed by atoms with Gasteiger partial charge in [-0.1, -0.05) is 48.2 Å². The Morgan fingerprint density at radius 1 is 1.25 bits per heavy atom. The summed E-state index contributed by atoms with van der Waals surface area (Å²) in [6.45, 7) is 1.81. The van der Waals surface area contributed by atoms with Crippen LogP contribution in [0.25, 0.3) is 11.4 Å². The number of carbonyl (C=O) groups is 1. The van der Waals surface area contributed by atoms with Crippen LogP contribution in [0.2, 0.25) is 0 Å². The van der Waals surface area contributed by atoms with E-state index in [0.717, 1.165) is 11.1 Å². The van der Waals surface area contributed by atoms with Gasteiger partial charge in [0.1, 0.15) is 5.82 Å². The SMILES string of the molecule is Cc1ccc(F)cc1NC(=O)CSc1n[nH]c(-c2ccccc2)n1. The fraction of sp³-hybridized carbons (Fsp3) is 0.118. The number of nitrogens with zero attached hydrogens (tertiary/aromatic N) is 2. The molecule has 24 heavy (non-hydrogen) atoms. The number of nitrogens with one attached hydrogen (secondary N) is 2. The van der Waals surface area contributed by atoms with Crippen molar-refractivity contribution < 1.29 is 9.18 Å². The maximum absolute atomic E-state index is 13.2. The van der Waals surface area contributed by atoms with Gasteiger partial charge >= 0.3 is 0 Å². The predicted octanol–water partition coefficient (Wildman–Crippen LogP) is 3.65. The standard InChI is InChI=1S/C17H15FN4OS/c1-11-7-8-13(18)9-14(11)19-15(23)10-24-17-20-16(21-22-17)12-5-3-2-4-6-12/h2-9H,10H2,1H3,(H,19,23)(H,20,21,22). The summed E-state index contributed by atoms with van der Waals surface area (Å²) in [7, 11) is 0. The van der Waals surface area contributed by atoms with E-state index < -0.39 is 0 Å². The minimum atomic E-state index is -0.384. The van der Waals surface area contributed by atoms with Crippen molar-refractivity contribution in [2.45, 2.75) is 12.1 Å². The van der Waals surface area contributed by atoms with Crippen LogP contribution in [0.5, 0.6) is 0 Å². The van der Waals surface area contributed by atoms with Crippen molar-refractivity contribution in [3.05, 3.63) is 59.9 Å². The third kappa shape index (κ3) is 3.99. The van der Waals surface area contributed by atoms with Gasteiger partial charge in [0, 0.05) is 11.3 Å². The first-order valence-electron chi connectivity index (χ1n) is 7.28. The van der Waals surface area contributed by atoms with E-state index in [9.17, 15) is 9.18 Å². The molecule has 7 heteroatoms. The van der Waals surface area contributed by atoms with E-state index in [4.69, 9.17) is 0 Å². The van der Waals surface area contributed by atoms with Crippen LogP contribution >= 0.6 is 11.8 Å². The number of anilines is 1. The summed E-state index contributed by atoms with van der Waals surface area (Å²) in [5.41, 5.74) is 2.20. The van der Waals surface area contributed by atoms with Crippen molar-refractivity contribution in [3.63, 3.8) is 0 Å². The molecule has 122 valence electrons. The number of aromatic amines is 1. The second-order valence-electron chi connectivity index (χ2n) is 5.13. The Bertz CT molecular complexity index is 851. The zero-order valence-corrected chi connectivity index (χ0v) is 13.7. The van der Waals surface area contributed by atoms with Gasteiger partial charge in [0.25, 0.3) is 0 Å². The molecule has 3 rings (SSSR count). The molecule has 0 unspecified atom stereocenters. The van der Waals surface area contributed by atoms with Crippen LogP contribution in [0, 0.1) is 12.7 Å². The Morgan fingerprint density at radius 2 is 2.04 bits per heavy atom. The van der Waals surface area contributed by atoms with Crippen molar-refractivity contribution in [1.29, 1.82) is 0 Å². The molecule has 0 aliphatic rings. The molecule has 0 aliphatic carbocycles. The van der Waals surface area contributed by atoms with E-state index in [1.54, 1.807) is 6.07 Å². The quantitative estimate of drug-likeness (QED) is 0.694. The van der Waals surface area contributed by atoms with E-state index in [2.05, 4.69) is 20.5 Å². The van der Waals surface area contributed by atoms with Crippen molar-refractivity contribution in [2.24, 2.45) is 0 Å². The highest BCUT2D eigenvalue weighted by Crippen LogP contribution is 2.20. The van der Waals surface area contributed by atoms with Crippen LogP contribution in [-0.2, 0) is 4.79 Å². The summed E-state index contributed by atoms with van der Waals surface area (Å²) in [5, 5.41) is 10.1. The van der Waals surface area contributed by atoms with Crippen molar-refractivity contribution in [3.8, 4) is 11.4 Å². The molecule has 1 heterocycles. The molecule has 0 radical (unpaired) electrons. The number of hydrogen-bond acceptors (Lipinski definition) is 4. The predicted molar refractivity (Wildman–Crippen MR) is 92.3 cm³/mol. The molecule has 0 saturated heterocycles. The molecule has 3 aromatic rings. The van der Waals surface area contributed by atoms with Gasteiger partial charge in [-0.05, 0) is 24.6 Å². The Labute approximate surface area is 142 Å². The number of carbonyl (C=O) groups excluding carboxylic acids is 1. The number of aromatic nitrogens is 3. The number of halogens is 1. The first-order chi connectivity index (χ1) is 11.6. The van der Waals surface area contributed by atoms with Gasteiger partial charge in [-0.2, -0.15) is 0 Å². The Hall–Kier alpha value is -2.67. The molecule has 1 aromatic heterocycles. The van der Waals surface area contributed by atoms with Crippen LogP contribution in [0.15, 0.2) is 53.7 Å². The van der Waals surface area contributed by atoms with Crippen LogP contribution in [0.4, 0.5) is 10.1 Å². The number of hydrogen-bond donors (Lipinski definition) is 2. The molecule has 0 saturated carbocycles. The monoisotopic (exact) mass is 342 g/mol. The van der Waals surface area contributed by atoms with Crippen LogP contribution in [0.1, 0.15) is 5.56 Å². The third-order valence-electron chi connectivity index (χ3n) is 3.32. The average molecular weight is 342 g/mol. The lowest BCUT2D eigenvalue weighted by Gasteiger charge is -2.07. The summed E-state index contributed by atoms with van der Waals surface area (Å²) >= 11 is 1.21. The molecule has 0 aliphatic heterocycles. The average Bonchev–Trinajstić information content (AvgIpc) is 3.06. The second-order valence-corrected chi connectivity index (χ2v) is 6.07. The molecule has 2 aromatic carbocycles. The number of thioether (sulfide) groups is 1. The summed E-state index contributed by atoms with van der Waals surface area (Å²) in [5.74, 6) is 0.173. The first-order valence-corrected chi connectivity index (χ1v) is 8.27. The molecular formula is C17H15FN4OS. The van der Waals surface area contributed by atoms with Gasteiger partial charge in [-0.3, -0.25) is 9.89 Å². The Morgan fingerprint density at radius 3 is 2.83 bits per heavy atom. The highest BCUT2D eigenvalue weighted by atomic mass is 32.2. The van der Waals surface area contributed by atoms with Gasteiger partial charge in [0.2, 0.25) is 11.1 Å². The molecule has 0 bridgehead atoms. The van der Waals surface area contributed by atoms with E-state index in [1.807, 2.05) is 37.3 Å². The molecule has 2 N–H and O–H groups in total. The van der Waals surface area contributed by atoms with Gasteiger partial charge in [-0.15, -0.1) is 5.10 Å². The van der Waals surface area contributed by atoms with Gasteiger partial charge in [0.15, 0.2) is 5.82 Å². The lowest BCUT2D eigenvalue weighted by Crippen LogP contribution is -2.15. The Kier molecular flexibility index (Phi) is 4.90. The minimum Gasteiger partial charge on any atom is -0.325 e. The topological polar surface area (TPSA) is 70.7 Å². The third-order valence-corrected chi connectivity index (χ3v) is 4.17. The molecule has 0 fully saturated rings. The first kappa shape index (κ1) is 16.2. The summed E-state index contributed by atoms with van der Waals surface area (Å²) in [6.07, 6.45) is 0. The number of rotatable bonds is 5. The van der Waals surface area contributed by atoms with Gasteiger partial charge < -0.3 is 5.32 Å². The van der Waals surface area contributed by atoms with Crippen molar-refractivity contribution in [1.82, 2.24) is 15.2 Å². The smallest absolute Gasteiger partial charge is 0.234 e. The molecule has 0 spiro atoms. The van der Waals surface area contributed by atoms with Crippen molar-refractivity contribution in [2.75, 3.05) is 11.1 Å². The van der Waals surface area contributed by atoms with Gasteiger partial charge in [0.05, 0.1) is 5.75 Å². The molecule has 0 atom stereocenters. The fourth-order valence-electron chi connectivity index (χ4n) is 2.08. The minimum absolute atomic E-state index is 0.141. The van der Waals surface area contributed by atoms with Crippen molar-refractivity contribution >= 4 is 23.4 Å². The molecule has 1 amide bonds. The largest absolute Gasteiger partial charge is 0.325 e. The van der Waals surface area contributed by atoms with E-state index >= 15 is 0 Å². The summed E-state index contributed by atoms with van der Waals surface area (Å²) < 4.78 is 13.2. The highest BCUT2D eigenvalue weighted by Gasteiger charge is 2.10. The maximum Gasteiger partial charge on any atom is 0.234 e. The van der Waals surface area contributed by atoms with Crippen LogP contribution in [-0.4, -0.2) is 26.8 Å². The zero-order chi connectivity index (χ0) is 16.9. The van der Waals surface area contributed by atoms with Crippen LogP contribution in [0.3, 0.4) is 0 Å². The fourth-order valence-corrected chi connectivity index (χ4v) is 2.68. The van der Waals surface area contributed by atoms with E-state index in [-0.39, 0.29) is 17.5 Å². The van der Waals surface area contributed by atoms with Crippen LogP contribution < -0.4 is 5.32 Å². The highest BCUT2D eigenvalue weighted by molar-refractivity contribution is 7.99.